The molecule has 1 aliphatic carbocycles. The first-order chi connectivity index (χ1) is 23.0. The summed E-state index contributed by atoms with van der Waals surface area (Å²) in [5.74, 6) is 0.411. The van der Waals surface area contributed by atoms with Crippen LogP contribution < -0.4 is 21.3 Å². The Morgan fingerprint density at radius 3 is 2.62 bits per heavy atom. The molecule has 242 valence electrons. The van der Waals surface area contributed by atoms with Gasteiger partial charge in [-0.15, -0.1) is 0 Å². The van der Waals surface area contributed by atoms with Gasteiger partial charge >= 0.3 is 0 Å². The van der Waals surface area contributed by atoms with Crippen LogP contribution in [0.3, 0.4) is 0 Å². The number of benzene rings is 3. The van der Waals surface area contributed by atoms with E-state index >= 15 is 0 Å². The largest absolute Gasteiger partial charge is 0.348 e. The minimum Gasteiger partial charge on any atom is -0.348 e. The van der Waals surface area contributed by atoms with Gasteiger partial charge in [0.1, 0.15) is 11.9 Å². The second-order valence-corrected chi connectivity index (χ2v) is 12.2. The highest BCUT2D eigenvalue weighted by Crippen LogP contribution is 2.28. The summed E-state index contributed by atoms with van der Waals surface area (Å²) in [5, 5.41) is 15.5. The smallest absolute Gasteiger partial charge is 0.251 e. The number of fused-ring (bicyclic) bond motifs is 2. The van der Waals surface area contributed by atoms with E-state index < -0.39 is 6.04 Å². The number of aromatic amines is 1. The molecule has 0 aliphatic heterocycles. The maximum absolute atomic E-state index is 13.8. The molecule has 9 heteroatoms. The van der Waals surface area contributed by atoms with E-state index in [4.69, 9.17) is 0 Å². The molecule has 0 saturated heterocycles. The third-order valence-corrected chi connectivity index (χ3v) is 8.92. The average molecular weight is 630 g/mol. The molecule has 2 heterocycles. The van der Waals surface area contributed by atoms with Gasteiger partial charge in [-0.1, -0.05) is 60.7 Å². The Morgan fingerprint density at radius 1 is 0.915 bits per heavy atom. The first-order valence-corrected chi connectivity index (χ1v) is 16.6. The summed E-state index contributed by atoms with van der Waals surface area (Å²) < 4.78 is 0. The van der Waals surface area contributed by atoms with Crippen LogP contribution in [0.4, 0.5) is 0 Å². The predicted molar refractivity (Wildman–Crippen MR) is 184 cm³/mol. The molecule has 0 saturated carbocycles. The molecule has 0 fully saturated rings. The number of pyridine rings is 1. The topological polar surface area (TPSA) is 124 Å². The van der Waals surface area contributed by atoms with Crippen LogP contribution in [0.15, 0.2) is 97.5 Å². The normalized spacial score (nSPS) is 15.5. The number of H-pyrrole nitrogens is 1. The van der Waals surface area contributed by atoms with Crippen molar-refractivity contribution in [1.29, 1.82) is 0 Å². The molecular formula is C38H43N7O2. The Balaban J connectivity index is 1.09. The van der Waals surface area contributed by atoms with E-state index in [0.29, 0.717) is 25.1 Å². The van der Waals surface area contributed by atoms with Crippen LogP contribution in [-0.4, -0.2) is 39.4 Å². The Kier molecular flexibility index (Phi) is 10.7. The van der Waals surface area contributed by atoms with Crippen molar-refractivity contribution in [2.24, 2.45) is 0 Å². The number of hydrogen-bond donors (Lipinski definition) is 5. The number of nitrogens with zero attached hydrogens (tertiary/aromatic N) is 2. The highest BCUT2D eigenvalue weighted by Gasteiger charge is 2.25. The average Bonchev–Trinajstić information content (AvgIpc) is 3.63. The number of hydrogen-bond acceptors (Lipinski definition) is 6. The fourth-order valence-electron chi connectivity index (χ4n) is 6.41. The van der Waals surface area contributed by atoms with E-state index in [1.807, 2.05) is 67.7 Å². The summed E-state index contributed by atoms with van der Waals surface area (Å²) in [5.41, 5.74) is 5.05. The highest BCUT2D eigenvalue weighted by atomic mass is 16.2. The molecule has 0 radical (unpaired) electrons. The molecule has 1 unspecified atom stereocenters. The van der Waals surface area contributed by atoms with Crippen molar-refractivity contribution < 1.29 is 9.59 Å². The zero-order chi connectivity index (χ0) is 32.4. The SMILES string of the molecule is C[C@H](NC(=O)[C@@H](CCCNC1CCCc2cccnc21)NC(=O)c1ccc(CNCc2ncc[nH]2)cc1)c1cccc2ccccc12. The van der Waals surface area contributed by atoms with Crippen molar-refractivity contribution in [3.63, 3.8) is 0 Å². The highest BCUT2D eigenvalue weighted by molar-refractivity contribution is 5.97. The van der Waals surface area contributed by atoms with Crippen LogP contribution in [-0.2, 0) is 24.3 Å². The summed E-state index contributed by atoms with van der Waals surface area (Å²) in [7, 11) is 0. The predicted octanol–water partition coefficient (Wildman–Crippen LogP) is 5.67. The Hall–Kier alpha value is -4.86. The minimum atomic E-state index is -0.687. The monoisotopic (exact) mass is 629 g/mol. The van der Waals surface area contributed by atoms with Crippen molar-refractivity contribution in [2.75, 3.05) is 6.54 Å². The summed E-state index contributed by atoms with van der Waals surface area (Å²) in [6.45, 7) is 3.99. The molecular weight excluding hydrogens is 586 g/mol. The van der Waals surface area contributed by atoms with Crippen molar-refractivity contribution in [3.8, 4) is 0 Å². The summed E-state index contributed by atoms with van der Waals surface area (Å²) in [4.78, 5) is 39.2. The maximum atomic E-state index is 13.8. The third kappa shape index (κ3) is 8.30. The van der Waals surface area contributed by atoms with Crippen molar-refractivity contribution in [2.45, 2.75) is 70.2 Å². The van der Waals surface area contributed by atoms with Gasteiger partial charge in [0.15, 0.2) is 0 Å². The van der Waals surface area contributed by atoms with Crippen LogP contribution in [0.25, 0.3) is 10.8 Å². The van der Waals surface area contributed by atoms with Gasteiger partial charge in [0.05, 0.1) is 18.3 Å². The van der Waals surface area contributed by atoms with E-state index in [9.17, 15) is 9.59 Å². The van der Waals surface area contributed by atoms with Crippen LogP contribution in [0.5, 0.6) is 0 Å². The van der Waals surface area contributed by atoms with Gasteiger partial charge in [0.2, 0.25) is 5.91 Å². The molecule has 2 amide bonds. The molecule has 3 aromatic carbocycles. The lowest BCUT2D eigenvalue weighted by atomic mass is 9.92. The number of rotatable bonds is 14. The van der Waals surface area contributed by atoms with E-state index in [-0.39, 0.29) is 23.9 Å². The second-order valence-electron chi connectivity index (χ2n) is 12.2. The first-order valence-electron chi connectivity index (χ1n) is 16.6. The van der Waals surface area contributed by atoms with E-state index in [0.717, 1.165) is 65.6 Å². The lowest BCUT2D eigenvalue weighted by Crippen LogP contribution is -2.47. The fraction of sp³-hybridized carbons (Fsp3) is 0.316. The van der Waals surface area contributed by atoms with Gasteiger partial charge in [-0.05, 0) is 91.2 Å². The summed E-state index contributed by atoms with van der Waals surface area (Å²) >= 11 is 0. The molecule has 5 aromatic rings. The van der Waals surface area contributed by atoms with Crippen molar-refractivity contribution >= 4 is 22.6 Å². The molecule has 6 rings (SSSR count). The molecule has 0 bridgehead atoms. The van der Waals surface area contributed by atoms with Crippen molar-refractivity contribution in [3.05, 3.63) is 131 Å². The van der Waals surface area contributed by atoms with Crippen LogP contribution in [0.1, 0.15) is 83.3 Å². The second kappa shape index (κ2) is 15.6. The molecule has 9 nitrogen and oxygen atoms in total. The first kappa shape index (κ1) is 32.1. The lowest BCUT2D eigenvalue weighted by Gasteiger charge is -2.26. The van der Waals surface area contributed by atoms with Crippen LogP contribution >= 0.6 is 0 Å². The van der Waals surface area contributed by atoms with Crippen LogP contribution in [0.2, 0.25) is 0 Å². The quantitative estimate of drug-likeness (QED) is 0.101. The summed E-state index contributed by atoms with van der Waals surface area (Å²) in [6.07, 6.45) is 9.84. The Morgan fingerprint density at radius 2 is 1.77 bits per heavy atom. The number of amides is 2. The van der Waals surface area contributed by atoms with Gasteiger partial charge in [0.25, 0.3) is 5.91 Å². The van der Waals surface area contributed by atoms with Crippen LogP contribution in [0, 0.1) is 0 Å². The minimum absolute atomic E-state index is 0.192. The van der Waals surface area contributed by atoms with E-state index in [2.05, 4.69) is 60.5 Å². The molecule has 0 spiro atoms. The third-order valence-electron chi connectivity index (χ3n) is 8.92. The molecule has 5 N–H and O–H groups in total. The lowest BCUT2D eigenvalue weighted by molar-refractivity contribution is -0.123. The standard InChI is InChI=1S/C38H43N7O2/c1-26(31-13-4-9-28-8-2-3-12-32(28)31)44-38(47)34(15-7-20-40-33-14-5-10-29-11-6-21-43-36(29)33)45-37(46)30-18-16-27(17-19-30)24-39-25-35-41-22-23-42-35/h2-4,6,8-9,11-13,16-19,21-23,26,33-34,39-40H,5,7,10,14-15,20,24-25H2,1H3,(H,41,42)(H,44,47)(H,45,46)/t26-,33?,34+/m0/s1. The maximum Gasteiger partial charge on any atom is 0.251 e. The number of carbonyl (C=O) groups excluding carboxylic acids is 2. The number of aryl methyl sites for hydroxylation is 1. The molecule has 3 atom stereocenters. The Labute approximate surface area is 276 Å². The molecule has 47 heavy (non-hydrogen) atoms. The van der Waals surface area contributed by atoms with E-state index in [1.54, 1.807) is 12.4 Å². The zero-order valence-corrected chi connectivity index (χ0v) is 26.8. The van der Waals surface area contributed by atoms with Gasteiger partial charge in [0, 0.05) is 36.7 Å². The van der Waals surface area contributed by atoms with Gasteiger partial charge in [-0.25, -0.2) is 4.98 Å². The fourth-order valence-corrected chi connectivity index (χ4v) is 6.41. The summed E-state index contributed by atoms with van der Waals surface area (Å²) in [6, 6.07) is 25.2. The van der Waals surface area contributed by atoms with Gasteiger partial charge in [-0.2, -0.15) is 0 Å². The zero-order valence-electron chi connectivity index (χ0n) is 26.8. The van der Waals surface area contributed by atoms with Crippen molar-refractivity contribution in [1.82, 2.24) is 36.2 Å². The Bertz CT molecular complexity index is 1770. The molecule has 2 aromatic heterocycles. The number of carbonyl (C=O) groups is 2. The number of aromatic nitrogens is 3. The number of imidazole rings is 1. The molecule has 1 aliphatic rings. The van der Waals surface area contributed by atoms with Gasteiger partial charge in [-0.3, -0.25) is 14.6 Å². The van der Waals surface area contributed by atoms with Gasteiger partial charge < -0.3 is 26.3 Å². The van der Waals surface area contributed by atoms with E-state index in [1.165, 1.54) is 5.56 Å². The number of nitrogens with one attached hydrogen (secondary N) is 5.